The van der Waals surface area contributed by atoms with E-state index in [0.717, 1.165) is 36.6 Å². The Bertz CT molecular complexity index is 590. The molecule has 1 saturated carbocycles. The summed E-state index contributed by atoms with van der Waals surface area (Å²) in [5.41, 5.74) is 2.16. The highest BCUT2D eigenvalue weighted by molar-refractivity contribution is 5.84. The zero-order chi connectivity index (χ0) is 13.4. The minimum absolute atomic E-state index is 0.176. The van der Waals surface area contributed by atoms with Crippen molar-refractivity contribution in [1.82, 2.24) is 4.57 Å². The third kappa shape index (κ3) is 2.39. The summed E-state index contributed by atoms with van der Waals surface area (Å²) in [6, 6.07) is 4.95. The molecule has 0 spiro atoms. The van der Waals surface area contributed by atoms with Crippen LogP contribution in [0.1, 0.15) is 31.2 Å². The highest BCUT2D eigenvalue weighted by Gasteiger charge is 2.24. The molecule has 3 rings (SSSR count). The molecule has 1 N–H and O–H groups in total. The van der Waals surface area contributed by atoms with Crippen molar-refractivity contribution >= 4 is 10.9 Å². The Balaban J connectivity index is 1.92. The minimum atomic E-state index is -0.196. The van der Waals surface area contributed by atoms with Crippen LogP contribution < -0.4 is 0 Å². The maximum absolute atomic E-state index is 13.3. The van der Waals surface area contributed by atoms with E-state index in [-0.39, 0.29) is 11.9 Å². The topological polar surface area (TPSA) is 25.2 Å². The predicted molar refractivity (Wildman–Crippen MR) is 74.5 cm³/mol. The van der Waals surface area contributed by atoms with Crippen molar-refractivity contribution in [1.29, 1.82) is 0 Å². The summed E-state index contributed by atoms with van der Waals surface area (Å²) in [6.07, 6.45) is 7.15. The second-order valence-corrected chi connectivity index (χ2v) is 5.74. The van der Waals surface area contributed by atoms with Crippen molar-refractivity contribution in [3.05, 3.63) is 35.8 Å². The van der Waals surface area contributed by atoms with Gasteiger partial charge in [-0.3, -0.25) is 0 Å². The van der Waals surface area contributed by atoms with Gasteiger partial charge in [0, 0.05) is 18.6 Å². The van der Waals surface area contributed by atoms with Crippen LogP contribution in [0.4, 0.5) is 4.39 Å². The Kier molecular flexibility index (Phi) is 3.31. The third-order valence-corrected chi connectivity index (χ3v) is 4.39. The molecular formula is C16H20FNO. The molecule has 0 radical (unpaired) electrons. The number of aliphatic hydroxyl groups excluding tert-OH is 1. The quantitative estimate of drug-likeness (QED) is 0.880. The van der Waals surface area contributed by atoms with Crippen LogP contribution in [-0.4, -0.2) is 15.8 Å². The van der Waals surface area contributed by atoms with Gasteiger partial charge in [0.1, 0.15) is 5.82 Å². The molecular weight excluding hydrogens is 241 g/mol. The first kappa shape index (κ1) is 12.7. The van der Waals surface area contributed by atoms with Crippen LogP contribution in [0.2, 0.25) is 0 Å². The average molecular weight is 261 g/mol. The van der Waals surface area contributed by atoms with Gasteiger partial charge >= 0.3 is 0 Å². The van der Waals surface area contributed by atoms with Gasteiger partial charge in [0.2, 0.25) is 0 Å². The fraction of sp³-hybridized carbons (Fsp3) is 0.500. The predicted octanol–water partition coefficient (Wildman–Crippen LogP) is 3.41. The number of halogens is 1. The molecule has 2 aromatic rings. The van der Waals surface area contributed by atoms with Gasteiger partial charge in [0.05, 0.1) is 11.6 Å². The van der Waals surface area contributed by atoms with Gasteiger partial charge in [-0.1, -0.05) is 12.8 Å². The molecule has 0 bridgehead atoms. The highest BCUT2D eigenvalue weighted by atomic mass is 19.1. The normalized spacial score (nSPS) is 23.9. The zero-order valence-electron chi connectivity index (χ0n) is 11.3. The number of aryl methyl sites for hydroxylation is 1. The van der Waals surface area contributed by atoms with E-state index in [4.69, 9.17) is 0 Å². The largest absolute Gasteiger partial charge is 0.393 e. The first-order valence-electron chi connectivity index (χ1n) is 7.06. The molecule has 0 aliphatic heterocycles. The van der Waals surface area contributed by atoms with Crippen molar-refractivity contribution in [2.24, 2.45) is 13.0 Å². The number of hydrogen-bond donors (Lipinski definition) is 1. The van der Waals surface area contributed by atoms with E-state index in [0.29, 0.717) is 5.92 Å². The zero-order valence-corrected chi connectivity index (χ0v) is 11.3. The molecule has 1 aromatic carbocycles. The van der Waals surface area contributed by atoms with Crippen molar-refractivity contribution < 1.29 is 9.50 Å². The third-order valence-electron chi connectivity index (χ3n) is 4.39. The summed E-state index contributed by atoms with van der Waals surface area (Å²) in [7, 11) is 1.95. The Morgan fingerprint density at radius 2 is 2.11 bits per heavy atom. The number of nitrogens with zero attached hydrogens (tertiary/aromatic N) is 1. The monoisotopic (exact) mass is 261 g/mol. The molecule has 2 atom stereocenters. The van der Waals surface area contributed by atoms with Gasteiger partial charge in [-0.15, -0.1) is 0 Å². The molecule has 1 aliphatic rings. The summed E-state index contributed by atoms with van der Waals surface area (Å²) >= 11 is 0. The van der Waals surface area contributed by atoms with Crippen LogP contribution in [0.5, 0.6) is 0 Å². The second-order valence-electron chi connectivity index (χ2n) is 5.74. The van der Waals surface area contributed by atoms with Crippen molar-refractivity contribution in [2.75, 3.05) is 0 Å². The molecule has 2 unspecified atom stereocenters. The Hall–Kier alpha value is -1.35. The lowest BCUT2D eigenvalue weighted by atomic mass is 9.82. The minimum Gasteiger partial charge on any atom is -0.393 e. The lowest BCUT2D eigenvalue weighted by Crippen LogP contribution is -2.26. The van der Waals surface area contributed by atoms with Gasteiger partial charge < -0.3 is 9.67 Å². The van der Waals surface area contributed by atoms with Crippen LogP contribution in [0.25, 0.3) is 10.9 Å². The van der Waals surface area contributed by atoms with E-state index in [1.807, 2.05) is 17.7 Å². The Labute approximate surface area is 112 Å². The highest BCUT2D eigenvalue weighted by Crippen LogP contribution is 2.30. The van der Waals surface area contributed by atoms with Crippen LogP contribution in [-0.2, 0) is 13.5 Å². The van der Waals surface area contributed by atoms with Crippen molar-refractivity contribution in [2.45, 2.75) is 38.2 Å². The molecule has 2 nitrogen and oxygen atoms in total. The van der Waals surface area contributed by atoms with Crippen LogP contribution in [0.15, 0.2) is 24.4 Å². The van der Waals surface area contributed by atoms with E-state index in [1.165, 1.54) is 18.1 Å². The summed E-state index contributed by atoms with van der Waals surface area (Å²) in [6.45, 7) is 0. The molecule has 1 heterocycles. The van der Waals surface area contributed by atoms with Gasteiger partial charge in [-0.2, -0.15) is 0 Å². The molecule has 1 aliphatic carbocycles. The molecule has 1 fully saturated rings. The van der Waals surface area contributed by atoms with Crippen LogP contribution in [0, 0.1) is 11.7 Å². The van der Waals surface area contributed by atoms with E-state index in [9.17, 15) is 9.50 Å². The van der Waals surface area contributed by atoms with Gasteiger partial charge in [0.15, 0.2) is 0 Å². The molecule has 0 saturated heterocycles. The molecule has 0 amide bonds. The van der Waals surface area contributed by atoms with Gasteiger partial charge in [-0.05, 0) is 48.9 Å². The number of rotatable bonds is 2. The number of aromatic nitrogens is 1. The lowest BCUT2D eigenvalue weighted by molar-refractivity contribution is 0.0702. The average Bonchev–Trinajstić information content (AvgIpc) is 2.69. The first-order valence-corrected chi connectivity index (χ1v) is 7.06. The van der Waals surface area contributed by atoms with E-state index in [1.54, 1.807) is 6.07 Å². The SMILES string of the molecule is Cn1cc(CC2CCCCC2O)c2ccc(F)cc21. The summed E-state index contributed by atoms with van der Waals surface area (Å²) in [5, 5.41) is 11.2. The molecule has 1 aromatic heterocycles. The standard InChI is InChI=1S/C16H20FNO/c1-18-10-12(8-11-4-2-3-5-16(11)19)14-7-6-13(17)9-15(14)18/h6-7,9-11,16,19H,2-5,8H2,1H3. The van der Waals surface area contributed by atoms with Gasteiger partial charge in [0.25, 0.3) is 0 Å². The lowest BCUT2D eigenvalue weighted by Gasteiger charge is -2.27. The summed E-state index contributed by atoms with van der Waals surface area (Å²) < 4.78 is 15.3. The van der Waals surface area contributed by atoms with Crippen molar-refractivity contribution in [3.63, 3.8) is 0 Å². The number of benzene rings is 1. The fourth-order valence-electron chi connectivity index (χ4n) is 3.31. The van der Waals surface area contributed by atoms with E-state index < -0.39 is 0 Å². The number of hydrogen-bond acceptors (Lipinski definition) is 1. The maximum atomic E-state index is 13.3. The number of fused-ring (bicyclic) bond motifs is 1. The second kappa shape index (κ2) is 4.97. The Morgan fingerprint density at radius 3 is 2.89 bits per heavy atom. The van der Waals surface area contributed by atoms with E-state index >= 15 is 0 Å². The van der Waals surface area contributed by atoms with E-state index in [2.05, 4.69) is 6.20 Å². The fourth-order valence-corrected chi connectivity index (χ4v) is 3.31. The van der Waals surface area contributed by atoms with Gasteiger partial charge in [-0.25, -0.2) is 4.39 Å². The Morgan fingerprint density at radius 1 is 1.32 bits per heavy atom. The summed E-state index contributed by atoms with van der Waals surface area (Å²) in [5.74, 6) is 0.155. The van der Waals surface area contributed by atoms with Crippen molar-refractivity contribution in [3.8, 4) is 0 Å². The first-order chi connectivity index (χ1) is 9.15. The van der Waals surface area contributed by atoms with Crippen LogP contribution >= 0.6 is 0 Å². The molecule has 19 heavy (non-hydrogen) atoms. The summed E-state index contributed by atoms with van der Waals surface area (Å²) in [4.78, 5) is 0. The van der Waals surface area contributed by atoms with Crippen LogP contribution in [0.3, 0.4) is 0 Å². The smallest absolute Gasteiger partial charge is 0.125 e. The number of aliphatic hydroxyl groups is 1. The molecule has 3 heteroatoms. The molecule has 102 valence electrons. The maximum Gasteiger partial charge on any atom is 0.125 e.